The summed E-state index contributed by atoms with van der Waals surface area (Å²) in [7, 11) is 1.97. The second-order valence-corrected chi connectivity index (χ2v) is 5.40. The van der Waals surface area contributed by atoms with Gasteiger partial charge in [0.15, 0.2) is 5.78 Å². The first-order chi connectivity index (χ1) is 9.54. The molecule has 2 heteroatoms. The zero-order chi connectivity index (χ0) is 14.5. The van der Waals surface area contributed by atoms with Gasteiger partial charge in [-0.3, -0.25) is 4.79 Å². The van der Waals surface area contributed by atoms with Gasteiger partial charge < -0.3 is 4.90 Å². The lowest BCUT2D eigenvalue weighted by Crippen LogP contribution is -2.26. The molecule has 0 unspecified atom stereocenters. The minimum atomic E-state index is 0.234. The monoisotopic (exact) mass is 267 g/mol. The standard InChI is InChI=1S/C18H21NO/c1-14-9-15(2)11-17(10-14)19(3)13-18(20)12-16-7-5-4-6-8-16/h4-11H,12-13H2,1-3H3. The molecule has 2 nitrogen and oxygen atoms in total. The number of benzene rings is 2. The Balaban J connectivity index is 2.00. The van der Waals surface area contributed by atoms with Gasteiger partial charge in [-0.1, -0.05) is 36.4 Å². The molecule has 2 rings (SSSR count). The predicted octanol–water partition coefficient (Wildman–Crippen LogP) is 3.55. The van der Waals surface area contributed by atoms with Crippen molar-refractivity contribution in [1.29, 1.82) is 0 Å². The van der Waals surface area contributed by atoms with E-state index in [9.17, 15) is 4.79 Å². The predicted molar refractivity (Wildman–Crippen MR) is 84.3 cm³/mol. The number of aryl methyl sites for hydroxylation is 2. The molecule has 0 N–H and O–H groups in total. The third-order valence-electron chi connectivity index (χ3n) is 3.30. The summed E-state index contributed by atoms with van der Waals surface area (Å²) in [6.07, 6.45) is 0.496. The molecule has 104 valence electrons. The molecule has 0 bridgehead atoms. The zero-order valence-electron chi connectivity index (χ0n) is 12.4. The van der Waals surface area contributed by atoms with E-state index in [0.29, 0.717) is 13.0 Å². The van der Waals surface area contributed by atoms with Crippen molar-refractivity contribution in [2.24, 2.45) is 0 Å². The van der Waals surface area contributed by atoms with Crippen LogP contribution >= 0.6 is 0 Å². The van der Waals surface area contributed by atoms with Crippen molar-refractivity contribution in [3.8, 4) is 0 Å². The number of carbonyl (C=O) groups is 1. The number of likely N-dealkylation sites (N-methyl/N-ethyl adjacent to an activating group) is 1. The highest BCUT2D eigenvalue weighted by Gasteiger charge is 2.09. The van der Waals surface area contributed by atoms with Crippen molar-refractivity contribution in [3.63, 3.8) is 0 Å². The van der Waals surface area contributed by atoms with Crippen LogP contribution < -0.4 is 4.90 Å². The summed E-state index contributed by atoms with van der Waals surface area (Å²) in [6.45, 7) is 4.60. The molecular formula is C18H21NO. The highest BCUT2D eigenvalue weighted by atomic mass is 16.1. The van der Waals surface area contributed by atoms with Crippen LogP contribution in [0.25, 0.3) is 0 Å². The third-order valence-corrected chi connectivity index (χ3v) is 3.30. The molecule has 0 spiro atoms. The maximum absolute atomic E-state index is 12.1. The van der Waals surface area contributed by atoms with Crippen LogP contribution in [0, 0.1) is 13.8 Å². The SMILES string of the molecule is Cc1cc(C)cc(N(C)CC(=O)Cc2ccccc2)c1. The number of hydrogen-bond donors (Lipinski definition) is 0. The molecule has 0 aliphatic rings. The largest absolute Gasteiger partial charge is 0.367 e. The number of ketones is 1. The van der Waals surface area contributed by atoms with Gasteiger partial charge in [-0.15, -0.1) is 0 Å². The first kappa shape index (κ1) is 14.3. The molecule has 0 atom stereocenters. The normalized spacial score (nSPS) is 10.3. The van der Waals surface area contributed by atoms with E-state index in [2.05, 4.69) is 32.0 Å². The number of Topliss-reactive ketones (excluding diaryl/α,β-unsaturated/α-hetero) is 1. The van der Waals surface area contributed by atoms with Gasteiger partial charge in [0.2, 0.25) is 0 Å². The van der Waals surface area contributed by atoms with Crippen molar-refractivity contribution in [2.45, 2.75) is 20.3 Å². The van der Waals surface area contributed by atoms with Gasteiger partial charge in [-0.2, -0.15) is 0 Å². The Morgan fingerprint density at radius 2 is 1.60 bits per heavy atom. The van der Waals surface area contributed by atoms with Crippen molar-refractivity contribution in [1.82, 2.24) is 0 Å². The number of rotatable bonds is 5. The van der Waals surface area contributed by atoms with Crippen LogP contribution in [0.2, 0.25) is 0 Å². The van der Waals surface area contributed by atoms with E-state index in [1.165, 1.54) is 11.1 Å². The fourth-order valence-electron chi connectivity index (χ4n) is 2.41. The van der Waals surface area contributed by atoms with Crippen molar-refractivity contribution < 1.29 is 4.79 Å². The average molecular weight is 267 g/mol. The highest BCUT2D eigenvalue weighted by molar-refractivity contribution is 5.85. The second-order valence-electron chi connectivity index (χ2n) is 5.40. The highest BCUT2D eigenvalue weighted by Crippen LogP contribution is 2.17. The van der Waals surface area contributed by atoms with Gasteiger partial charge >= 0.3 is 0 Å². The van der Waals surface area contributed by atoms with E-state index in [1.807, 2.05) is 42.3 Å². The Kier molecular flexibility index (Phi) is 4.57. The van der Waals surface area contributed by atoms with Crippen LogP contribution in [0.4, 0.5) is 5.69 Å². The van der Waals surface area contributed by atoms with Crippen molar-refractivity contribution in [2.75, 3.05) is 18.5 Å². The van der Waals surface area contributed by atoms with Crippen molar-refractivity contribution >= 4 is 11.5 Å². The van der Waals surface area contributed by atoms with E-state index in [-0.39, 0.29) is 5.78 Å². The first-order valence-corrected chi connectivity index (χ1v) is 6.89. The zero-order valence-corrected chi connectivity index (χ0v) is 12.4. The van der Waals surface area contributed by atoms with E-state index in [1.54, 1.807) is 0 Å². The molecule has 0 aliphatic heterocycles. The molecule has 0 saturated carbocycles. The Hall–Kier alpha value is -2.09. The fraction of sp³-hybridized carbons (Fsp3) is 0.278. The Morgan fingerprint density at radius 1 is 1.00 bits per heavy atom. The molecule has 2 aromatic carbocycles. The van der Waals surface area contributed by atoms with Gasteiger partial charge in [0.25, 0.3) is 0 Å². The minimum absolute atomic E-state index is 0.234. The number of carbonyl (C=O) groups excluding carboxylic acids is 1. The van der Waals surface area contributed by atoms with E-state index in [0.717, 1.165) is 11.3 Å². The van der Waals surface area contributed by atoms with Gasteiger partial charge in [0, 0.05) is 19.2 Å². The summed E-state index contributed by atoms with van der Waals surface area (Å²) in [4.78, 5) is 14.1. The summed E-state index contributed by atoms with van der Waals surface area (Å²) in [5.41, 5.74) is 4.62. The molecule has 0 radical (unpaired) electrons. The maximum Gasteiger partial charge on any atom is 0.156 e. The lowest BCUT2D eigenvalue weighted by molar-refractivity contribution is -0.117. The molecule has 20 heavy (non-hydrogen) atoms. The maximum atomic E-state index is 12.1. The smallest absolute Gasteiger partial charge is 0.156 e. The topological polar surface area (TPSA) is 20.3 Å². The van der Waals surface area contributed by atoms with Crippen LogP contribution in [0.1, 0.15) is 16.7 Å². The van der Waals surface area contributed by atoms with Crippen LogP contribution in [-0.2, 0) is 11.2 Å². The summed E-state index contributed by atoms with van der Waals surface area (Å²) >= 11 is 0. The van der Waals surface area contributed by atoms with E-state index in [4.69, 9.17) is 0 Å². The molecule has 0 amide bonds. The van der Waals surface area contributed by atoms with Crippen LogP contribution in [-0.4, -0.2) is 19.4 Å². The summed E-state index contributed by atoms with van der Waals surface area (Å²) in [6, 6.07) is 16.3. The Labute approximate surface area is 121 Å². The van der Waals surface area contributed by atoms with E-state index >= 15 is 0 Å². The minimum Gasteiger partial charge on any atom is -0.367 e. The first-order valence-electron chi connectivity index (χ1n) is 6.89. The quantitative estimate of drug-likeness (QED) is 0.825. The Bertz CT molecular complexity index is 569. The lowest BCUT2D eigenvalue weighted by Gasteiger charge is -2.19. The molecule has 0 heterocycles. The summed E-state index contributed by atoms with van der Waals surface area (Å²) in [5.74, 6) is 0.234. The Morgan fingerprint density at radius 3 is 2.20 bits per heavy atom. The van der Waals surface area contributed by atoms with E-state index < -0.39 is 0 Å². The summed E-state index contributed by atoms with van der Waals surface area (Å²) in [5, 5.41) is 0. The number of anilines is 1. The lowest BCUT2D eigenvalue weighted by atomic mass is 10.1. The second kappa shape index (κ2) is 6.38. The molecule has 0 fully saturated rings. The average Bonchev–Trinajstić information content (AvgIpc) is 2.38. The number of nitrogens with zero attached hydrogens (tertiary/aromatic N) is 1. The van der Waals surface area contributed by atoms with Crippen LogP contribution in [0.15, 0.2) is 48.5 Å². The molecule has 0 aliphatic carbocycles. The van der Waals surface area contributed by atoms with Gasteiger partial charge in [0.05, 0.1) is 6.54 Å². The third kappa shape index (κ3) is 3.95. The van der Waals surface area contributed by atoms with Gasteiger partial charge in [-0.25, -0.2) is 0 Å². The molecular weight excluding hydrogens is 246 g/mol. The summed E-state index contributed by atoms with van der Waals surface area (Å²) < 4.78 is 0. The fourth-order valence-corrected chi connectivity index (χ4v) is 2.41. The molecule has 2 aromatic rings. The van der Waals surface area contributed by atoms with Gasteiger partial charge in [-0.05, 0) is 42.7 Å². The molecule has 0 saturated heterocycles. The van der Waals surface area contributed by atoms with Gasteiger partial charge in [0.1, 0.15) is 0 Å². The van der Waals surface area contributed by atoms with Crippen molar-refractivity contribution in [3.05, 3.63) is 65.2 Å². The molecule has 0 aromatic heterocycles. The van der Waals surface area contributed by atoms with Crippen LogP contribution in [0.5, 0.6) is 0 Å². The van der Waals surface area contributed by atoms with Crippen LogP contribution in [0.3, 0.4) is 0 Å². The number of hydrogen-bond acceptors (Lipinski definition) is 2.